The average Bonchev–Trinajstić information content (AvgIpc) is 3.14. The summed E-state index contributed by atoms with van der Waals surface area (Å²) in [7, 11) is 0. The molecule has 0 spiro atoms. The number of likely N-dealkylation sites (tertiary alicyclic amines) is 1. The number of esters is 1. The Labute approximate surface area is 140 Å². The molecule has 126 valence electrons. The first-order chi connectivity index (χ1) is 11.6. The fourth-order valence-electron chi connectivity index (χ4n) is 2.85. The number of ether oxygens (including phenoxy) is 1. The van der Waals surface area contributed by atoms with E-state index >= 15 is 0 Å². The van der Waals surface area contributed by atoms with Crippen LogP contribution in [0, 0.1) is 0 Å². The lowest BCUT2D eigenvalue weighted by atomic mass is 10.0. The maximum atomic E-state index is 12.2. The lowest BCUT2D eigenvalue weighted by molar-refractivity contribution is -0.137. The van der Waals surface area contributed by atoms with Gasteiger partial charge in [0.25, 0.3) is 5.91 Å². The summed E-state index contributed by atoms with van der Waals surface area (Å²) in [5.41, 5.74) is 1.20. The van der Waals surface area contributed by atoms with Crippen molar-refractivity contribution < 1.29 is 14.3 Å². The number of piperidine rings is 1. The smallest absolute Gasteiger partial charge is 0.338 e. The molecule has 7 nitrogen and oxygen atoms in total. The molecule has 2 aromatic rings. The van der Waals surface area contributed by atoms with Crippen molar-refractivity contribution in [2.45, 2.75) is 32.2 Å². The summed E-state index contributed by atoms with van der Waals surface area (Å²) in [4.78, 5) is 29.9. The van der Waals surface area contributed by atoms with Crippen LogP contribution in [0.2, 0.25) is 0 Å². The molecule has 2 heterocycles. The Morgan fingerprint density at radius 1 is 1.25 bits per heavy atom. The van der Waals surface area contributed by atoms with Crippen molar-refractivity contribution in [1.82, 2.24) is 19.7 Å². The highest BCUT2D eigenvalue weighted by atomic mass is 16.5. The van der Waals surface area contributed by atoms with Crippen LogP contribution < -0.4 is 0 Å². The first-order valence-electron chi connectivity index (χ1n) is 8.07. The maximum Gasteiger partial charge on any atom is 0.338 e. The van der Waals surface area contributed by atoms with Crippen molar-refractivity contribution >= 4 is 11.9 Å². The summed E-state index contributed by atoms with van der Waals surface area (Å²) in [6, 6.07) is 7.01. The molecule has 0 saturated carbocycles. The summed E-state index contributed by atoms with van der Waals surface area (Å²) in [5, 5.41) is 4.02. The van der Waals surface area contributed by atoms with E-state index in [1.165, 1.54) is 6.33 Å². The van der Waals surface area contributed by atoms with Gasteiger partial charge < -0.3 is 9.64 Å². The third-order valence-electron chi connectivity index (χ3n) is 4.24. The number of nitrogens with zero attached hydrogens (tertiary/aromatic N) is 4. The molecular weight excluding hydrogens is 308 g/mol. The van der Waals surface area contributed by atoms with Crippen molar-refractivity contribution in [3.63, 3.8) is 0 Å². The molecule has 0 radical (unpaired) electrons. The quantitative estimate of drug-likeness (QED) is 0.800. The second kappa shape index (κ2) is 7.25. The van der Waals surface area contributed by atoms with Crippen LogP contribution >= 0.6 is 0 Å². The number of amides is 1. The van der Waals surface area contributed by atoms with E-state index in [4.69, 9.17) is 4.74 Å². The molecular formula is C17H20N4O3. The van der Waals surface area contributed by atoms with E-state index in [2.05, 4.69) is 10.1 Å². The summed E-state index contributed by atoms with van der Waals surface area (Å²) in [6.45, 7) is 2.56. The molecule has 7 heteroatoms. The molecule has 1 atom stereocenters. The molecule has 1 fully saturated rings. The first-order valence-corrected chi connectivity index (χ1v) is 8.07. The van der Waals surface area contributed by atoms with Gasteiger partial charge in [-0.25, -0.2) is 14.5 Å². The van der Waals surface area contributed by atoms with Crippen LogP contribution in [0.15, 0.2) is 36.9 Å². The summed E-state index contributed by atoms with van der Waals surface area (Å²) in [6.07, 6.45) is 6.17. The molecule has 1 aromatic heterocycles. The number of carbonyl (C=O) groups excluding carboxylic acids is 2. The van der Waals surface area contributed by atoms with Crippen LogP contribution in [0.1, 0.15) is 36.5 Å². The van der Waals surface area contributed by atoms with Crippen LogP contribution in [0.4, 0.5) is 0 Å². The van der Waals surface area contributed by atoms with Gasteiger partial charge in [-0.2, -0.15) is 5.10 Å². The second-order valence-electron chi connectivity index (χ2n) is 5.89. The maximum absolute atomic E-state index is 12.2. The van der Waals surface area contributed by atoms with Crippen LogP contribution in [0.3, 0.4) is 0 Å². The number of carbonyl (C=O) groups is 2. The van der Waals surface area contributed by atoms with Gasteiger partial charge in [0.1, 0.15) is 12.7 Å². The van der Waals surface area contributed by atoms with E-state index in [9.17, 15) is 9.59 Å². The number of rotatable bonds is 4. The Morgan fingerprint density at radius 2 is 2.04 bits per heavy atom. The Hall–Kier alpha value is -2.70. The van der Waals surface area contributed by atoms with Gasteiger partial charge in [-0.3, -0.25) is 4.79 Å². The minimum absolute atomic E-state index is 0.130. The van der Waals surface area contributed by atoms with Gasteiger partial charge in [-0.1, -0.05) is 0 Å². The molecule has 1 aromatic carbocycles. The van der Waals surface area contributed by atoms with E-state index in [1.54, 1.807) is 40.2 Å². The highest BCUT2D eigenvalue weighted by Crippen LogP contribution is 2.16. The zero-order valence-electron chi connectivity index (χ0n) is 13.6. The Balaban J connectivity index is 1.56. The van der Waals surface area contributed by atoms with Gasteiger partial charge in [-0.15, -0.1) is 0 Å². The largest absolute Gasteiger partial charge is 0.452 e. The Kier molecular flexibility index (Phi) is 4.88. The van der Waals surface area contributed by atoms with Gasteiger partial charge in [0, 0.05) is 12.6 Å². The van der Waals surface area contributed by atoms with Gasteiger partial charge in [0.15, 0.2) is 6.61 Å². The van der Waals surface area contributed by atoms with E-state index in [0.717, 1.165) is 31.5 Å². The number of hydrogen-bond acceptors (Lipinski definition) is 5. The summed E-state index contributed by atoms with van der Waals surface area (Å²) in [5.74, 6) is -0.632. The fourth-order valence-corrected chi connectivity index (χ4v) is 2.85. The highest BCUT2D eigenvalue weighted by molar-refractivity contribution is 5.91. The van der Waals surface area contributed by atoms with Crippen LogP contribution in [-0.2, 0) is 9.53 Å². The number of hydrogen-bond donors (Lipinski definition) is 0. The molecule has 1 saturated heterocycles. The molecule has 0 bridgehead atoms. The van der Waals surface area contributed by atoms with Crippen LogP contribution in [-0.4, -0.2) is 50.7 Å². The number of aromatic nitrogens is 3. The molecule has 1 aliphatic rings. The predicted octanol–water partition coefficient (Wildman–Crippen LogP) is 1.83. The van der Waals surface area contributed by atoms with Crippen LogP contribution in [0.5, 0.6) is 0 Å². The van der Waals surface area contributed by atoms with Crippen molar-refractivity contribution in [3.8, 4) is 5.69 Å². The van der Waals surface area contributed by atoms with Gasteiger partial charge >= 0.3 is 5.97 Å². The van der Waals surface area contributed by atoms with E-state index < -0.39 is 5.97 Å². The minimum atomic E-state index is -0.502. The van der Waals surface area contributed by atoms with Crippen molar-refractivity contribution in [3.05, 3.63) is 42.5 Å². The van der Waals surface area contributed by atoms with Crippen molar-refractivity contribution in [2.75, 3.05) is 13.2 Å². The molecule has 3 rings (SSSR count). The van der Waals surface area contributed by atoms with E-state index in [1.807, 2.05) is 6.92 Å². The Bertz CT molecular complexity index is 697. The van der Waals surface area contributed by atoms with E-state index in [-0.39, 0.29) is 18.6 Å². The van der Waals surface area contributed by atoms with Gasteiger partial charge in [0.05, 0.1) is 11.3 Å². The minimum Gasteiger partial charge on any atom is -0.452 e. The lowest BCUT2D eigenvalue weighted by Crippen LogP contribution is -2.44. The normalized spacial score (nSPS) is 17.5. The molecule has 1 aliphatic heterocycles. The molecule has 0 unspecified atom stereocenters. The van der Waals surface area contributed by atoms with Crippen molar-refractivity contribution in [1.29, 1.82) is 0 Å². The zero-order valence-corrected chi connectivity index (χ0v) is 13.6. The zero-order chi connectivity index (χ0) is 16.9. The second-order valence-corrected chi connectivity index (χ2v) is 5.89. The topological polar surface area (TPSA) is 77.3 Å². The highest BCUT2D eigenvalue weighted by Gasteiger charge is 2.24. The van der Waals surface area contributed by atoms with Gasteiger partial charge in [-0.05, 0) is 50.5 Å². The molecule has 0 N–H and O–H groups in total. The molecule has 24 heavy (non-hydrogen) atoms. The molecule has 0 aliphatic carbocycles. The lowest BCUT2D eigenvalue weighted by Gasteiger charge is -2.33. The summed E-state index contributed by atoms with van der Waals surface area (Å²) >= 11 is 0. The van der Waals surface area contributed by atoms with Crippen LogP contribution in [0.25, 0.3) is 5.69 Å². The first kappa shape index (κ1) is 16.2. The summed E-state index contributed by atoms with van der Waals surface area (Å²) < 4.78 is 6.75. The Morgan fingerprint density at radius 3 is 2.71 bits per heavy atom. The van der Waals surface area contributed by atoms with E-state index in [0.29, 0.717) is 5.56 Å². The average molecular weight is 328 g/mol. The SMILES string of the molecule is C[C@H]1CCCCN1C(=O)COC(=O)c1ccc(-n2cncn2)cc1. The van der Waals surface area contributed by atoms with Gasteiger partial charge in [0.2, 0.25) is 0 Å². The third-order valence-corrected chi connectivity index (χ3v) is 4.24. The van der Waals surface area contributed by atoms with Crippen molar-refractivity contribution in [2.24, 2.45) is 0 Å². The fraction of sp³-hybridized carbons (Fsp3) is 0.412. The number of benzene rings is 1. The predicted molar refractivity (Wildman–Crippen MR) is 86.7 cm³/mol. The monoisotopic (exact) mass is 328 g/mol. The third kappa shape index (κ3) is 3.61. The standard InChI is InChI=1S/C17H20N4O3/c1-13-4-2-3-9-20(13)16(22)10-24-17(23)14-5-7-15(8-6-14)21-12-18-11-19-21/h5-8,11-13H,2-4,9-10H2,1H3/t13-/m0/s1. The molecule has 1 amide bonds.